The number of ether oxygens (including phenoxy) is 3. The Morgan fingerprint density at radius 3 is 2.77 bits per heavy atom. The summed E-state index contributed by atoms with van der Waals surface area (Å²) in [6.45, 7) is -0.549. The first-order valence-corrected chi connectivity index (χ1v) is 9.72. The number of hydrogen-bond donors (Lipinski definition) is 1. The van der Waals surface area contributed by atoms with Crippen LogP contribution in [-0.4, -0.2) is 38.4 Å². The molecule has 0 bridgehead atoms. The van der Waals surface area contributed by atoms with E-state index in [0.29, 0.717) is 0 Å². The van der Waals surface area contributed by atoms with Crippen LogP contribution in [0, 0.1) is 6.92 Å². The van der Waals surface area contributed by atoms with Gasteiger partial charge in [0.2, 0.25) is 0 Å². The number of imidazole rings is 1. The average molecular weight is 447 g/mol. The maximum absolute atomic E-state index is 13.4. The highest BCUT2D eigenvalue weighted by molar-refractivity contribution is 7.84. The van der Waals surface area contributed by atoms with Gasteiger partial charge in [0.05, 0.1) is 52.7 Å². The first-order valence-electron chi connectivity index (χ1n) is 12.1. The smallest absolute Gasteiger partial charge is 0.387 e. The maximum Gasteiger partial charge on any atom is 0.387 e. The highest BCUT2D eigenvalue weighted by Gasteiger charge is 2.20. The minimum absolute atomic E-state index is 0.0919. The minimum Gasteiger partial charge on any atom is -0.488 e. The van der Waals surface area contributed by atoms with Gasteiger partial charge in [-0.1, -0.05) is 0 Å². The van der Waals surface area contributed by atoms with Gasteiger partial charge in [-0.15, -0.1) is 0 Å². The van der Waals surface area contributed by atoms with Gasteiger partial charge in [-0.3, -0.25) is 9.19 Å². The van der Waals surface area contributed by atoms with Gasteiger partial charge < -0.3 is 19.2 Å². The van der Waals surface area contributed by atoms with E-state index in [-0.39, 0.29) is 22.3 Å². The normalized spacial score (nSPS) is 17.2. The number of H-pyrrole nitrogens is 1. The number of rotatable bonds is 9. The Morgan fingerprint density at radius 1 is 1.33 bits per heavy atom. The number of benzene rings is 1. The molecule has 10 heteroatoms. The molecule has 2 heterocycles. The monoisotopic (exact) mass is 446 g/mol. The Balaban J connectivity index is 2.19. The molecule has 30 heavy (non-hydrogen) atoms. The van der Waals surface area contributed by atoms with Gasteiger partial charge >= 0.3 is 6.61 Å². The predicted molar refractivity (Wildman–Crippen MR) is 109 cm³/mol. The fourth-order valence-electron chi connectivity index (χ4n) is 2.51. The molecule has 0 spiro atoms. The van der Waals surface area contributed by atoms with Crippen molar-refractivity contribution in [3.05, 3.63) is 35.6 Å². The van der Waals surface area contributed by atoms with E-state index in [0.717, 1.165) is 6.92 Å². The first kappa shape index (κ1) is 14.3. The molecule has 0 radical (unpaired) electrons. The summed E-state index contributed by atoms with van der Waals surface area (Å²) in [5.74, 6) is -1.55. The molecule has 3 rings (SSSR count). The van der Waals surface area contributed by atoms with Crippen molar-refractivity contribution in [1.82, 2.24) is 15.0 Å². The van der Waals surface area contributed by atoms with E-state index in [1.165, 1.54) is 32.9 Å². The lowest BCUT2D eigenvalue weighted by Crippen LogP contribution is -2.10. The van der Waals surface area contributed by atoms with Gasteiger partial charge in [-0.2, -0.15) is 8.78 Å². The summed E-state index contributed by atoms with van der Waals surface area (Å²) in [5.41, 5.74) is -3.31. The third-order valence-electron chi connectivity index (χ3n) is 3.69. The van der Waals surface area contributed by atoms with Crippen LogP contribution in [0.2, 0.25) is 0 Å². The minimum atomic E-state index is -3.09. The topological polar surface area (TPSA) is 86.3 Å². The fraction of sp³-hybridized carbons (Fsp3) is 0.400. The molecule has 162 valence electrons. The van der Waals surface area contributed by atoms with Crippen LogP contribution >= 0.6 is 0 Å². The summed E-state index contributed by atoms with van der Waals surface area (Å²) in [7, 11) is -2.72. The van der Waals surface area contributed by atoms with Gasteiger partial charge in [0.1, 0.15) is 5.75 Å². The van der Waals surface area contributed by atoms with Crippen molar-refractivity contribution >= 4 is 21.8 Å². The number of halogens is 2. The van der Waals surface area contributed by atoms with Gasteiger partial charge in [-0.05, 0) is 39.8 Å². The van der Waals surface area contributed by atoms with Crippen LogP contribution in [0.1, 0.15) is 41.6 Å². The third-order valence-corrected chi connectivity index (χ3v) is 4.61. The standard InChI is InChI=1S/C20H23F2N3O4S/c1-5-27-18-14(23-9-8-16(18)28-11(2)3)10-30(26)20-24-13-6-7-15(29-19(21)22)12(4)17(13)25-20/h6-9,11,19H,5,10H2,1-4H3,(H,24,25)/i5D2,8D,9D,10D2,11D. The number of nitrogens with zero attached hydrogens (tertiary/aromatic N) is 2. The van der Waals surface area contributed by atoms with Crippen LogP contribution < -0.4 is 14.2 Å². The Labute approximate surface area is 185 Å². The molecule has 0 aliphatic heterocycles. The van der Waals surface area contributed by atoms with Gasteiger partial charge in [-0.25, -0.2) is 4.98 Å². The Morgan fingerprint density at radius 2 is 2.10 bits per heavy atom. The second-order valence-corrected chi connectivity index (χ2v) is 7.18. The number of hydrogen-bond acceptors (Lipinski definition) is 6. The lowest BCUT2D eigenvalue weighted by atomic mass is 10.2. The van der Waals surface area contributed by atoms with Crippen LogP contribution in [0.25, 0.3) is 11.0 Å². The Bertz CT molecular complexity index is 1360. The van der Waals surface area contributed by atoms with E-state index in [2.05, 4.69) is 19.7 Å². The van der Waals surface area contributed by atoms with Crippen LogP contribution in [0.3, 0.4) is 0 Å². The lowest BCUT2D eigenvalue weighted by Gasteiger charge is -2.16. The summed E-state index contributed by atoms with van der Waals surface area (Å²) in [5, 5.41) is -0.422. The highest BCUT2D eigenvalue weighted by atomic mass is 32.2. The van der Waals surface area contributed by atoms with E-state index in [9.17, 15) is 13.0 Å². The maximum atomic E-state index is 13.4. The lowest BCUT2D eigenvalue weighted by molar-refractivity contribution is -0.0501. The molecule has 7 nitrogen and oxygen atoms in total. The van der Waals surface area contributed by atoms with E-state index in [1.807, 2.05) is 0 Å². The van der Waals surface area contributed by atoms with Crippen LogP contribution in [0.5, 0.6) is 17.2 Å². The zero-order chi connectivity index (χ0) is 28.1. The van der Waals surface area contributed by atoms with Crippen molar-refractivity contribution in [2.24, 2.45) is 0 Å². The molecule has 0 saturated heterocycles. The second kappa shape index (κ2) is 9.38. The van der Waals surface area contributed by atoms with E-state index >= 15 is 0 Å². The molecule has 1 N–H and O–H groups in total. The van der Waals surface area contributed by atoms with Crippen molar-refractivity contribution in [1.29, 1.82) is 0 Å². The summed E-state index contributed by atoms with van der Waals surface area (Å²) < 4.78 is 111. The summed E-state index contributed by atoms with van der Waals surface area (Å²) >= 11 is 0. The van der Waals surface area contributed by atoms with Gasteiger partial charge in [0, 0.05) is 20.5 Å². The Kier molecular flexibility index (Phi) is 4.47. The van der Waals surface area contributed by atoms with Crippen molar-refractivity contribution in [3.63, 3.8) is 0 Å². The average Bonchev–Trinajstić information content (AvgIpc) is 3.17. The fourth-order valence-corrected chi connectivity index (χ4v) is 3.30. The summed E-state index contributed by atoms with van der Waals surface area (Å²) in [6.07, 6.45) is -2.51. The Hall–Kier alpha value is -2.75. The van der Waals surface area contributed by atoms with Crippen molar-refractivity contribution < 1.29 is 36.8 Å². The molecular weight excluding hydrogens is 416 g/mol. The van der Waals surface area contributed by atoms with Crippen molar-refractivity contribution in [2.45, 2.75) is 51.2 Å². The largest absolute Gasteiger partial charge is 0.488 e. The van der Waals surface area contributed by atoms with E-state index in [4.69, 9.17) is 19.1 Å². The van der Waals surface area contributed by atoms with Crippen LogP contribution in [0.15, 0.2) is 29.5 Å². The molecule has 0 amide bonds. The highest BCUT2D eigenvalue weighted by Crippen LogP contribution is 2.33. The second-order valence-electron chi connectivity index (χ2n) is 6.05. The van der Waals surface area contributed by atoms with Crippen LogP contribution in [-0.2, 0) is 16.5 Å². The number of pyridine rings is 1. The molecular formula is C20H23F2N3O4S. The predicted octanol–water partition coefficient (Wildman–Crippen LogP) is 4.36. The van der Waals surface area contributed by atoms with Gasteiger partial charge in [0.15, 0.2) is 16.7 Å². The number of alkyl halides is 2. The zero-order valence-corrected chi connectivity index (χ0v) is 17.2. The number of aromatic amines is 1. The number of aromatic nitrogens is 3. The SMILES string of the molecule is [2H]c1nc(C([2H])([2H])S(=O)c2nc3c(C)c(OC(F)F)ccc3[nH]2)c(OC([2H])([2H])C)c(OC([2H])(C)C)c1[2H]. The summed E-state index contributed by atoms with van der Waals surface area (Å²) in [4.78, 5) is 10.5. The summed E-state index contributed by atoms with van der Waals surface area (Å²) in [6, 6.07) is 1.88. The van der Waals surface area contributed by atoms with Crippen molar-refractivity contribution in [2.75, 3.05) is 6.56 Å². The first-order chi connectivity index (χ1) is 16.8. The molecule has 3 aromatic rings. The quantitative estimate of drug-likeness (QED) is 0.526. The molecule has 1 unspecified atom stereocenters. The van der Waals surface area contributed by atoms with E-state index < -0.39 is 70.3 Å². The molecule has 0 aliphatic carbocycles. The molecule has 0 aliphatic rings. The zero-order valence-electron chi connectivity index (χ0n) is 23.4. The molecule has 0 fully saturated rings. The van der Waals surface area contributed by atoms with Gasteiger partial charge in [0.25, 0.3) is 0 Å². The molecule has 1 atom stereocenters. The van der Waals surface area contributed by atoms with E-state index in [1.54, 1.807) is 0 Å². The molecule has 2 aromatic heterocycles. The number of nitrogens with one attached hydrogen (secondary N) is 1. The number of aryl methyl sites for hydroxylation is 1. The van der Waals surface area contributed by atoms with Crippen LogP contribution in [0.4, 0.5) is 8.78 Å². The molecule has 1 aromatic carbocycles. The third kappa shape index (κ3) is 4.86. The number of fused-ring (bicyclic) bond motifs is 1. The molecule has 0 saturated carbocycles. The van der Waals surface area contributed by atoms with Crippen molar-refractivity contribution in [3.8, 4) is 17.2 Å².